The Hall–Kier alpha value is -3.22. The van der Waals surface area contributed by atoms with Gasteiger partial charge in [-0.15, -0.1) is 0 Å². The summed E-state index contributed by atoms with van der Waals surface area (Å²) in [6.45, 7) is 0. The molecule has 0 radical (unpaired) electrons. The molecule has 8 N–H and O–H groups in total. The smallest absolute Gasteiger partial charge is 0.117 e. The zero-order valence-corrected chi connectivity index (χ0v) is 16.9. The van der Waals surface area contributed by atoms with E-state index in [1.165, 1.54) is 38.3 Å². The van der Waals surface area contributed by atoms with Crippen LogP contribution in [0.1, 0.15) is 43.4 Å². The lowest BCUT2D eigenvalue weighted by molar-refractivity contribution is 0.407. The highest BCUT2D eigenvalue weighted by molar-refractivity contribution is 6.08. The Bertz CT molecular complexity index is 845. The topological polar surface area (TPSA) is 125 Å². The maximum Gasteiger partial charge on any atom is 0.117 e. The Morgan fingerprint density at radius 3 is 2.79 bits per heavy atom. The van der Waals surface area contributed by atoms with Crippen LogP contribution in [0, 0.1) is 11.3 Å². The third-order valence-corrected chi connectivity index (χ3v) is 5.38. The number of rotatable bonds is 7. The Morgan fingerprint density at radius 2 is 2.10 bits per heavy atom. The summed E-state index contributed by atoms with van der Waals surface area (Å²) in [5.74, 6) is 1.08. The van der Waals surface area contributed by atoms with Crippen molar-refractivity contribution in [2.45, 2.75) is 38.3 Å². The minimum atomic E-state index is -0.155. The van der Waals surface area contributed by atoms with Gasteiger partial charge in [-0.1, -0.05) is 19.3 Å². The molecule has 2 aliphatic rings. The third kappa shape index (κ3) is 5.19. The van der Waals surface area contributed by atoms with Gasteiger partial charge >= 0.3 is 0 Å². The van der Waals surface area contributed by atoms with Gasteiger partial charge in [0.15, 0.2) is 0 Å². The van der Waals surface area contributed by atoms with E-state index >= 15 is 0 Å². The highest BCUT2D eigenvalue weighted by Crippen LogP contribution is 2.30. The first-order chi connectivity index (χ1) is 14.1. The summed E-state index contributed by atoms with van der Waals surface area (Å²) >= 11 is 0. The van der Waals surface area contributed by atoms with Crippen molar-refractivity contribution in [3.05, 3.63) is 59.5 Å². The monoisotopic (exact) mass is 393 g/mol. The molecule has 29 heavy (non-hydrogen) atoms. The predicted molar refractivity (Wildman–Crippen MR) is 121 cm³/mol. The quantitative estimate of drug-likeness (QED) is 0.313. The molecule has 7 nitrogen and oxygen atoms in total. The molecule has 1 aliphatic carbocycles. The first-order valence-corrected chi connectivity index (χ1v) is 10.1. The molecule has 1 atom stereocenters. The fourth-order valence-corrected chi connectivity index (χ4v) is 3.87. The van der Waals surface area contributed by atoms with Gasteiger partial charge < -0.3 is 32.8 Å². The minimum absolute atomic E-state index is 0.155. The Balaban J connectivity index is 1.70. The highest BCUT2D eigenvalue weighted by Gasteiger charge is 2.18. The van der Waals surface area contributed by atoms with Crippen LogP contribution in [0.4, 0.5) is 5.69 Å². The van der Waals surface area contributed by atoms with Gasteiger partial charge in [0.1, 0.15) is 6.17 Å². The number of allylic oxidation sites excluding steroid dienone is 3. The molecule has 1 fully saturated rings. The van der Waals surface area contributed by atoms with Crippen molar-refractivity contribution in [2.24, 2.45) is 17.4 Å². The van der Waals surface area contributed by atoms with E-state index in [4.69, 9.17) is 16.9 Å². The first-order valence-electron chi connectivity index (χ1n) is 10.1. The van der Waals surface area contributed by atoms with E-state index in [1.54, 1.807) is 18.6 Å². The maximum absolute atomic E-state index is 7.59. The number of fused-ring (bicyclic) bond motifs is 1. The summed E-state index contributed by atoms with van der Waals surface area (Å²) in [6.07, 6.45) is 18.4. The molecule has 1 aromatic heterocycles. The SMILES string of the molecule is CN/C=C(\C=N)c1cnc2c(c1)NC(N/C(N)=C/C(=C\N)C1CCCCC1)C=C2. The number of nitrogens with one attached hydrogen (secondary N) is 4. The second-order valence-electron chi connectivity index (χ2n) is 7.42. The standard InChI is InChI=1S/C22H31N7/c1-26-13-18(12-24)17-9-20-19(27-14-17)7-8-22(28-20)29-21(25)10-16(11-23)15-5-3-2-4-6-15/h7-15,22,24,26,28-29H,2-6,23,25H2,1H3/b16-11+,18-13+,21-10+,24-12?. The van der Waals surface area contributed by atoms with Crippen LogP contribution in [0.5, 0.6) is 0 Å². The molecule has 1 saturated carbocycles. The minimum Gasteiger partial charge on any atom is -0.404 e. The molecule has 0 aromatic carbocycles. The molecule has 1 aliphatic heterocycles. The zero-order valence-electron chi connectivity index (χ0n) is 16.9. The lowest BCUT2D eigenvalue weighted by atomic mass is 9.84. The van der Waals surface area contributed by atoms with Gasteiger partial charge in [0, 0.05) is 36.8 Å². The molecule has 0 saturated heterocycles. The van der Waals surface area contributed by atoms with E-state index in [-0.39, 0.29) is 6.17 Å². The zero-order chi connectivity index (χ0) is 20.6. The lowest BCUT2D eigenvalue weighted by Gasteiger charge is -2.26. The number of nitrogens with two attached hydrogens (primary N) is 2. The van der Waals surface area contributed by atoms with Gasteiger partial charge in [-0.3, -0.25) is 4.98 Å². The Kier molecular flexibility index (Phi) is 6.94. The van der Waals surface area contributed by atoms with E-state index in [0.717, 1.165) is 28.1 Å². The number of anilines is 1. The average molecular weight is 394 g/mol. The van der Waals surface area contributed by atoms with Crippen LogP contribution in [0.3, 0.4) is 0 Å². The summed E-state index contributed by atoms with van der Waals surface area (Å²) in [4.78, 5) is 4.49. The van der Waals surface area contributed by atoms with Crippen molar-refractivity contribution in [3.8, 4) is 0 Å². The largest absolute Gasteiger partial charge is 0.404 e. The predicted octanol–water partition coefficient (Wildman–Crippen LogP) is 2.87. The average Bonchev–Trinajstić information content (AvgIpc) is 2.76. The lowest BCUT2D eigenvalue weighted by Crippen LogP contribution is -2.38. The van der Waals surface area contributed by atoms with Crippen molar-refractivity contribution in [3.63, 3.8) is 0 Å². The Labute approximate surface area is 172 Å². The highest BCUT2D eigenvalue weighted by atomic mass is 15.2. The van der Waals surface area contributed by atoms with Gasteiger partial charge in [-0.25, -0.2) is 0 Å². The van der Waals surface area contributed by atoms with Crippen molar-refractivity contribution in [1.82, 2.24) is 15.6 Å². The molecule has 154 valence electrons. The van der Waals surface area contributed by atoms with E-state index in [9.17, 15) is 0 Å². The van der Waals surface area contributed by atoms with Crippen LogP contribution in [0.2, 0.25) is 0 Å². The molecular weight excluding hydrogens is 362 g/mol. The van der Waals surface area contributed by atoms with Crippen LogP contribution >= 0.6 is 0 Å². The van der Waals surface area contributed by atoms with Crippen LogP contribution in [-0.2, 0) is 0 Å². The van der Waals surface area contributed by atoms with Gasteiger partial charge in [-0.2, -0.15) is 0 Å². The van der Waals surface area contributed by atoms with Crippen molar-refractivity contribution < 1.29 is 0 Å². The molecular formula is C22H31N7. The fraction of sp³-hybridized carbons (Fsp3) is 0.364. The second-order valence-corrected chi connectivity index (χ2v) is 7.42. The number of nitrogens with zero attached hydrogens (tertiary/aromatic N) is 1. The van der Waals surface area contributed by atoms with Gasteiger partial charge in [0.2, 0.25) is 0 Å². The van der Waals surface area contributed by atoms with Crippen molar-refractivity contribution >= 4 is 23.6 Å². The molecule has 7 heteroatoms. The number of hydrogen-bond acceptors (Lipinski definition) is 7. The molecule has 3 rings (SSSR count). The molecule has 0 spiro atoms. The number of aromatic nitrogens is 1. The van der Waals surface area contributed by atoms with Crippen LogP contribution < -0.4 is 27.4 Å². The normalized spacial score (nSPS) is 20.6. The molecule has 1 aromatic rings. The summed E-state index contributed by atoms with van der Waals surface area (Å²) in [7, 11) is 1.81. The Morgan fingerprint density at radius 1 is 1.31 bits per heavy atom. The summed E-state index contributed by atoms with van der Waals surface area (Å²) in [6, 6.07) is 1.99. The summed E-state index contributed by atoms with van der Waals surface area (Å²) in [5.41, 5.74) is 16.6. The summed E-state index contributed by atoms with van der Waals surface area (Å²) < 4.78 is 0. The molecule has 1 unspecified atom stereocenters. The third-order valence-electron chi connectivity index (χ3n) is 5.38. The summed E-state index contributed by atoms with van der Waals surface area (Å²) in [5, 5.41) is 17.3. The van der Waals surface area contributed by atoms with Crippen molar-refractivity contribution in [1.29, 1.82) is 5.41 Å². The van der Waals surface area contributed by atoms with E-state index in [0.29, 0.717) is 11.7 Å². The first kappa shape index (κ1) is 20.5. The van der Waals surface area contributed by atoms with Crippen LogP contribution in [-0.4, -0.2) is 24.4 Å². The second kappa shape index (κ2) is 9.82. The van der Waals surface area contributed by atoms with Crippen molar-refractivity contribution in [2.75, 3.05) is 12.4 Å². The van der Waals surface area contributed by atoms with Crippen LogP contribution in [0.15, 0.2) is 48.2 Å². The molecule has 0 bridgehead atoms. The van der Waals surface area contributed by atoms with E-state index in [2.05, 4.69) is 20.9 Å². The van der Waals surface area contributed by atoms with Crippen LogP contribution in [0.25, 0.3) is 11.6 Å². The van der Waals surface area contributed by atoms with E-state index < -0.39 is 0 Å². The van der Waals surface area contributed by atoms with Gasteiger partial charge in [-0.05, 0) is 54.8 Å². The fourth-order valence-electron chi connectivity index (χ4n) is 3.87. The molecule has 2 heterocycles. The van der Waals surface area contributed by atoms with E-state index in [1.807, 2.05) is 31.3 Å². The number of pyridine rings is 1. The number of hydrogen-bond donors (Lipinski definition) is 6. The molecule has 0 amide bonds. The van der Waals surface area contributed by atoms with Gasteiger partial charge in [0.25, 0.3) is 0 Å². The maximum atomic E-state index is 7.59. The van der Waals surface area contributed by atoms with Gasteiger partial charge in [0.05, 0.1) is 17.2 Å².